The first-order valence-corrected chi connectivity index (χ1v) is 7.34. The third-order valence-electron chi connectivity index (χ3n) is 2.49. The topological polar surface area (TPSA) is 58.2 Å². The average Bonchev–Trinajstić information content (AvgIpc) is 2.70. The van der Waals surface area contributed by atoms with E-state index in [1.807, 2.05) is 0 Å². The van der Waals surface area contributed by atoms with Crippen molar-refractivity contribution in [3.63, 3.8) is 0 Å². The fourth-order valence-corrected chi connectivity index (χ4v) is 3.54. The van der Waals surface area contributed by atoms with Crippen molar-refractivity contribution in [3.8, 4) is 0 Å². The molecule has 0 spiro atoms. The maximum absolute atomic E-state index is 12.0. The molecule has 7 heteroatoms. The molecule has 0 aliphatic carbocycles. The zero-order chi connectivity index (χ0) is 11.6. The number of nitrogens with one attached hydrogen (secondary N) is 2. The maximum atomic E-state index is 12.0. The van der Waals surface area contributed by atoms with Gasteiger partial charge in [-0.05, 0) is 31.2 Å². The molecule has 1 aliphatic rings. The molecule has 1 aliphatic heterocycles. The Morgan fingerprint density at radius 3 is 2.76 bits per heavy atom. The van der Waals surface area contributed by atoms with Gasteiger partial charge in [-0.2, -0.15) is 0 Å². The Kier molecular flexibility index (Phi) is 5.40. The van der Waals surface area contributed by atoms with Crippen LogP contribution in [0.5, 0.6) is 0 Å². The van der Waals surface area contributed by atoms with Crippen LogP contribution in [0.2, 0.25) is 0 Å². The molecule has 1 fully saturated rings. The predicted octanol–water partition coefficient (Wildman–Crippen LogP) is 1.51. The Balaban J connectivity index is 0.00000144. The van der Waals surface area contributed by atoms with Crippen molar-refractivity contribution in [2.75, 3.05) is 13.1 Å². The summed E-state index contributed by atoms with van der Waals surface area (Å²) in [6.07, 6.45) is 0.841. The maximum Gasteiger partial charge on any atom is 0.240 e. The lowest BCUT2D eigenvalue weighted by Gasteiger charge is -2.11. The highest BCUT2D eigenvalue weighted by Crippen LogP contribution is 2.16. The molecule has 2 rings (SSSR count). The zero-order valence-electron chi connectivity index (χ0n) is 9.02. The molecule has 1 heterocycles. The lowest BCUT2D eigenvalue weighted by Crippen LogP contribution is -2.36. The second kappa shape index (κ2) is 6.15. The SMILES string of the molecule is Cl.O=S(=O)(NC1CCNC1)c1cccc(Br)c1. The molecule has 0 aromatic heterocycles. The number of rotatable bonds is 3. The molecular formula is C10H14BrClN2O2S. The van der Waals surface area contributed by atoms with Crippen molar-refractivity contribution >= 4 is 38.4 Å². The first-order chi connectivity index (χ1) is 7.58. The van der Waals surface area contributed by atoms with E-state index in [1.54, 1.807) is 24.3 Å². The highest BCUT2D eigenvalue weighted by atomic mass is 79.9. The Labute approximate surface area is 116 Å². The van der Waals surface area contributed by atoms with Crippen LogP contribution in [0.25, 0.3) is 0 Å². The normalized spacial score (nSPS) is 19.9. The summed E-state index contributed by atoms with van der Waals surface area (Å²) in [6, 6.07) is 6.71. The van der Waals surface area contributed by atoms with E-state index in [0.717, 1.165) is 17.4 Å². The van der Waals surface area contributed by atoms with E-state index in [0.29, 0.717) is 11.4 Å². The Hall–Kier alpha value is -0.140. The summed E-state index contributed by atoms with van der Waals surface area (Å²) in [5, 5.41) is 3.12. The van der Waals surface area contributed by atoms with Crippen molar-refractivity contribution < 1.29 is 8.42 Å². The molecular weight excluding hydrogens is 328 g/mol. The first-order valence-electron chi connectivity index (χ1n) is 5.06. The Morgan fingerprint density at radius 1 is 1.41 bits per heavy atom. The molecule has 0 radical (unpaired) electrons. The molecule has 2 N–H and O–H groups in total. The molecule has 96 valence electrons. The number of hydrogen-bond donors (Lipinski definition) is 2. The van der Waals surface area contributed by atoms with Gasteiger partial charge in [0.25, 0.3) is 0 Å². The third-order valence-corrected chi connectivity index (χ3v) is 4.50. The number of sulfonamides is 1. The van der Waals surface area contributed by atoms with Crippen LogP contribution in [0.4, 0.5) is 0 Å². The summed E-state index contributed by atoms with van der Waals surface area (Å²) in [5.74, 6) is 0. The molecule has 0 bridgehead atoms. The van der Waals surface area contributed by atoms with E-state index < -0.39 is 10.0 Å². The van der Waals surface area contributed by atoms with Crippen LogP contribution in [0, 0.1) is 0 Å². The van der Waals surface area contributed by atoms with Crippen LogP contribution in [0.15, 0.2) is 33.6 Å². The fraction of sp³-hybridized carbons (Fsp3) is 0.400. The largest absolute Gasteiger partial charge is 0.315 e. The van der Waals surface area contributed by atoms with Gasteiger partial charge in [-0.1, -0.05) is 22.0 Å². The highest BCUT2D eigenvalue weighted by molar-refractivity contribution is 9.10. The molecule has 1 atom stereocenters. The van der Waals surface area contributed by atoms with E-state index in [1.165, 1.54) is 0 Å². The molecule has 17 heavy (non-hydrogen) atoms. The quantitative estimate of drug-likeness (QED) is 0.876. The predicted molar refractivity (Wildman–Crippen MR) is 73.0 cm³/mol. The van der Waals surface area contributed by atoms with Crippen LogP contribution in [0.3, 0.4) is 0 Å². The van der Waals surface area contributed by atoms with Crippen LogP contribution >= 0.6 is 28.3 Å². The van der Waals surface area contributed by atoms with Gasteiger partial charge in [0.2, 0.25) is 10.0 Å². The molecule has 1 unspecified atom stereocenters. The Morgan fingerprint density at radius 2 is 2.18 bits per heavy atom. The summed E-state index contributed by atoms with van der Waals surface area (Å²) in [7, 11) is -3.39. The summed E-state index contributed by atoms with van der Waals surface area (Å²) in [6.45, 7) is 1.57. The third kappa shape index (κ3) is 3.93. The lowest BCUT2D eigenvalue weighted by atomic mass is 10.3. The van der Waals surface area contributed by atoms with Gasteiger partial charge in [0.15, 0.2) is 0 Å². The molecule has 1 saturated heterocycles. The molecule has 0 saturated carbocycles. The highest BCUT2D eigenvalue weighted by Gasteiger charge is 2.22. The number of benzene rings is 1. The molecule has 0 amide bonds. The van der Waals surface area contributed by atoms with E-state index in [-0.39, 0.29) is 18.4 Å². The number of halogens is 2. The zero-order valence-corrected chi connectivity index (χ0v) is 12.2. The van der Waals surface area contributed by atoms with Crippen molar-refractivity contribution in [3.05, 3.63) is 28.7 Å². The summed E-state index contributed by atoms with van der Waals surface area (Å²) in [4.78, 5) is 0.300. The lowest BCUT2D eigenvalue weighted by molar-refractivity contribution is 0.560. The van der Waals surface area contributed by atoms with Crippen molar-refractivity contribution in [1.29, 1.82) is 0 Å². The van der Waals surface area contributed by atoms with Gasteiger partial charge in [-0.15, -0.1) is 12.4 Å². The van der Waals surface area contributed by atoms with Gasteiger partial charge in [0, 0.05) is 17.1 Å². The summed E-state index contributed by atoms with van der Waals surface area (Å²) >= 11 is 3.26. The van der Waals surface area contributed by atoms with Crippen LogP contribution in [-0.2, 0) is 10.0 Å². The average molecular weight is 342 g/mol. The van der Waals surface area contributed by atoms with E-state index in [9.17, 15) is 8.42 Å². The minimum atomic E-state index is -3.39. The minimum absolute atomic E-state index is 0. The second-order valence-corrected chi connectivity index (χ2v) is 6.40. The van der Waals surface area contributed by atoms with E-state index in [2.05, 4.69) is 26.0 Å². The van der Waals surface area contributed by atoms with Crippen LogP contribution in [0.1, 0.15) is 6.42 Å². The second-order valence-electron chi connectivity index (χ2n) is 3.77. The molecule has 1 aromatic carbocycles. The van der Waals surface area contributed by atoms with Gasteiger partial charge in [-0.25, -0.2) is 13.1 Å². The van der Waals surface area contributed by atoms with Crippen LogP contribution < -0.4 is 10.0 Å². The molecule has 1 aromatic rings. The summed E-state index contributed by atoms with van der Waals surface area (Å²) < 4.78 is 27.4. The fourth-order valence-electron chi connectivity index (χ4n) is 1.68. The monoisotopic (exact) mass is 340 g/mol. The van der Waals surface area contributed by atoms with Gasteiger partial charge >= 0.3 is 0 Å². The molecule has 4 nitrogen and oxygen atoms in total. The number of hydrogen-bond acceptors (Lipinski definition) is 3. The smallest absolute Gasteiger partial charge is 0.240 e. The van der Waals surface area contributed by atoms with Crippen LogP contribution in [-0.4, -0.2) is 27.5 Å². The minimum Gasteiger partial charge on any atom is -0.315 e. The van der Waals surface area contributed by atoms with Crippen molar-refractivity contribution in [2.24, 2.45) is 0 Å². The van der Waals surface area contributed by atoms with Gasteiger partial charge in [-0.3, -0.25) is 0 Å². The van der Waals surface area contributed by atoms with E-state index in [4.69, 9.17) is 0 Å². The van der Waals surface area contributed by atoms with Crippen molar-refractivity contribution in [2.45, 2.75) is 17.4 Å². The van der Waals surface area contributed by atoms with Gasteiger partial charge in [0.05, 0.1) is 4.90 Å². The van der Waals surface area contributed by atoms with E-state index >= 15 is 0 Å². The van der Waals surface area contributed by atoms with Gasteiger partial charge in [0.1, 0.15) is 0 Å². The summed E-state index contributed by atoms with van der Waals surface area (Å²) in [5.41, 5.74) is 0. The first kappa shape index (κ1) is 14.9. The van der Waals surface area contributed by atoms with Crippen molar-refractivity contribution in [1.82, 2.24) is 10.0 Å². The standard InChI is InChI=1S/C10H13BrN2O2S.ClH/c11-8-2-1-3-10(6-8)16(14,15)13-9-4-5-12-7-9;/h1-3,6,9,12-13H,4-5,7H2;1H. The Bertz CT molecular complexity index is 475. The van der Waals surface area contributed by atoms with Gasteiger partial charge < -0.3 is 5.32 Å².